The van der Waals surface area contributed by atoms with Crippen molar-refractivity contribution in [1.29, 1.82) is 0 Å². The summed E-state index contributed by atoms with van der Waals surface area (Å²) in [6, 6.07) is 11.2. The van der Waals surface area contributed by atoms with Crippen molar-refractivity contribution in [3.8, 4) is 23.0 Å². The highest BCUT2D eigenvalue weighted by molar-refractivity contribution is 6.09. The van der Waals surface area contributed by atoms with Crippen LogP contribution in [0, 0.1) is 5.92 Å². The van der Waals surface area contributed by atoms with Gasteiger partial charge in [0.15, 0.2) is 28.8 Å². The quantitative estimate of drug-likeness (QED) is 0.323. The number of allylic oxidation sites excluding steroid dienone is 2. The Balaban J connectivity index is 1.81. The summed E-state index contributed by atoms with van der Waals surface area (Å²) in [5, 5.41) is 0. The SMILES string of the molecule is COCCOC(=O)C1C(C)=NC2=C(C(=O)C[C@H](c3ccc(OC)c(OC)c3)C2)[C@H]1c1cccc(OC)c1OC. The molecule has 4 rings (SSSR count). The number of hydrogen-bond donors (Lipinski definition) is 0. The molecule has 1 aliphatic carbocycles. The zero-order valence-corrected chi connectivity index (χ0v) is 23.2. The van der Waals surface area contributed by atoms with Crippen LogP contribution in [0.3, 0.4) is 0 Å². The summed E-state index contributed by atoms with van der Waals surface area (Å²) in [5.41, 5.74) is 3.38. The van der Waals surface area contributed by atoms with Crippen molar-refractivity contribution in [1.82, 2.24) is 0 Å². The lowest BCUT2D eigenvalue weighted by molar-refractivity contribution is -0.147. The van der Waals surface area contributed by atoms with Crippen LogP contribution in [0.15, 0.2) is 52.7 Å². The number of carbonyl (C=O) groups excluding carboxylic acids is 2. The lowest BCUT2D eigenvalue weighted by Crippen LogP contribution is -2.38. The summed E-state index contributed by atoms with van der Waals surface area (Å²) in [6.45, 7) is 2.17. The summed E-state index contributed by atoms with van der Waals surface area (Å²) in [5.74, 6) is 0.108. The third-order valence-electron chi connectivity index (χ3n) is 7.32. The van der Waals surface area contributed by atoms with Crippen LogP contribution < -0.4 is 18.9 Å². The third kappa shape index (κ3) is 5.49. The molecule has 2 aliphatic rings. The Labute approximate surface area is 228 Å². The standard InChI is InChI=1S/C30H35NO8/c1-17-26(30(33)39-13-12-34-2)27(20-8-7-9-24(36-4)29(20)38-6)28-21(31-17)14-19(15-22(28)32)18-10-11-23(35-3)25(16-18)37-5/h7-11,16,19,26-27H,12-15H2,1-6H3/t19-,26?,27+/m1/s1. The van der Waals surface area contributed by atoms with Crippen LogP contribution in [-0.2, 0) is 19.1 Å². The highest BCUT2D eigenvalue weighted by atomic mass is 16.6. The zero-order valence-electron chi connectivity index (χ0n) is 23.2. The second-order valence-electron chi connectivity index (χ2n) is 9.45. The lowest BCUT2D eigenvalue weighted by Gasteiger charge is -2.37. The molecule has 39 heavy (non-hydrogen) atoms. The van der Waals surface area contributed by atoms with Gasteiger partial charge in [-0.3, -0.25) is 14.6 Å². The molecule has 3 atom stereocenters. The van der Waals surface area contributed by atoms with Crippen molar-refractivity contribution in [2.24, 2.45) is 10.9 Å². The predicted octanol–water partition coefficient (Wildman–Crippen LogP) is 4.49. The van der Waals surface area contributed by atoms with E-state index in [1.165, 1.54) is 7.11 Å². The second-order valence-corrected chi connectivity index (χ2v) is 9.45. The molecule has 0 radical (unpaired) electrons. The molecule has 0 amide bonds. The van der Waals surface area contributed by atoms with Gasteiger partial charge >= 0.3 is 5.97 Å². The highest BCUT2D eigenvalue weighted by Crippen LogP contribution is 2.50. The predicted molar refractivity (Wildman–Crippen MR) is 145 cm³/mol. The van der Waals surface area contributed by atoms with E-state index in [0.29, 0.717) is 52.0 Å². The fourth-order valence-electron chi connectivity index (χ4n) is 5.52. The molecule has 0 saturated carbocycles. The molecule has 2 aromatic rings. The largest absolute Gasteiger partial charge is 0.493 e. The molecule has 1 unspecified atom stereocenters. The Morgan fingerprint density at radius 1 is 0.897 bits per heavy atom. The van der Waals surface area contributed by atoms with E-state index in [0.717, 1.165) is 5.56 Å². The minimum absolute atomic E-state index is 0.0724. The second kappa shape index (κ2) is 12.3. The molecule has 0 fully saturated rings. The molecular formula is C30H35NO8. The van der Waals surface area contributed by atoms with Crippen LogP contribution in [0.1, 0.15) is 42.7 Å². The number of ketones is 1. The molecule has 9 heteroatoms. The number of carbonyl (C=O) groups is 2. The average molecular weight is 538 g/mol. The fraction of sp³-hybridized carbons (Fsp3) is 0.433. The van der Waals surface area contributed by atoms with Gasteiger partial charge in [-0.1, -0.05) is 18.2 Å². The first-order chi connectivity index (χ1) is 18.9. The van der Waals surface area contributed by atoms with Crippen molar-refractivity contribution >= 4 is 17.5 Å². The van der Waals surface area contributed by atoms with Gasteiger partial charge in [-0.15, -0.1) is 0 Å². The summed E-state index contributed by atoms with van der Waals surface area (Å²) in [6.07, 6.45) is 0.791. The summed E-state index contributed by atoms with van der Waals surface area (Å²) in [4.78, 5) is 32.2. The Kier molecular flexibility index (Phi) is 8.91. The first kappa shape index (κ1) is 28.2. The molecular weight excluding hydrogens is 502 g/mol. The number of hydrogen-bond acceptors (Lipinski definition) is 9. The summed E-state index contributed by atoms with van der Waals surface area (Å²) < 4.78 is 32.7. The minimum atomic E-state index is -0.803. The summed E-state index contributed by atoms with van der Waals surface area (Å²) in [7, 11) is 7.80. The van der Waals surface area contributed by atoms with E-state index < -0.39 is 17.8 Å². The van der Waals surface area contributed by atoms with Gasteiger partial charge in [0.1, 0.15) is 12.5 Å². The van der Waals surface area contributed by atoms with E-state index in [9.17, 15) is 9.59 Å². The molecule has 9 nitrogen and oxygen atoms in total. The van der Waals surface area contributed by atoms with Crippen molar-refractivity contribution in [3.63, 3.8) is 0 Å². The molecule has 208 valence electrons. The number of Topliss-reactive ketones (excluding diaryl/α,β-unsaturated/α-hetero) is 1. The summed E-state index contributed by atoms with van der Waals surface area (Å²) >= 11 is 0. The monoisotopic (exact) mass is 537 g/mol. The molecule has 0 N–H and O–H groups in total. The first-order valence-corrected chi connectivity index (χ1v) is 12.8. The van der Waals surface area contributed by atoms with E-state index >= 15 is 0 Å². The van der Waals surface area contributed by atoms with Crippen LogP contribution in [0.5, 0.6) is 23.0 Å². The van der Waals surface area contributed by atoms with E-state index in [2.05, 4.69) is 0 Å². The van der Waals surface area contributed by atoms with Crippen LogP contribution >= 0.6 is 0 Å². The van der Waals surface area contributed by atoms with Crippen molar-refractivity contribution in [3.05, 3.63) is 58.8 Å². The number of rotatable bonds is 10. The van der Waals surface area contributed by atoms with Crippen molar-refractivity contribution in [2.75, 3.05) is 48.8 Å². The maximum atomic E-state index is 13.9. The number of para-hydroxylation sites is 1. The zero-order chi connectivity index (χ0) is 28.1. The molecule has 1 aliphatic heterocycles. The molecule has 0 bridgehead atoms. The van der Waals surface area contributed by atoms with Gasteiger partial charge < -0.3 is 28.4 Å². The average Bonchev–Trinajstić information content (AvgIpc) is 2.95. The molecule has 0 aromatic heterocycles. The topological polar surface area (TPSA) is 102 Å². The molecule has 2 aromatic carbocycles. The Morgan fingerprint density at radius 2 is 1.64 bits per heavy atom. The smallest absolute Gasteiger partial charge is 0.315 e. The van der Waals surface area contributed by atoms with Gasteiger partial charge in [0.25, 0.3) is 0 Å². The number of methoxy groups -OCH3 is 5. The number of ether oxygens (including phenoxy) is 6. The molecule has 0 saturated heterocycles. The van der Waals surface area contributed by atoms with Crippen LogP contribution in [-0.4, -0.2) is 66.2 Å². The Morgan fingerprint density at radius 3 is 2.31 bits per heavy atom. The minimum Gasteiger partial charge on any atom is -0.493 e. The van der Waals surface area contributed by atoms with Crippen LogP contribution in [0.25, 0.3) is 0 Å². The highest BCUT2D eigenvalue weighted by Gasteiger charge is 2.46. The van der Waals surface area contributed by atoms with Crippen LogP contribution in [0.4, 0.5) is 0 Å². The maximum absolute atomic E-state index is 13.9. The number of benzene rings is 2. The van der Waals surface area contributed by atoms with E-state index in [1.54, 1.807) is 41.4 Å². The maximum Gasteiger partial charge on any atom is 0.315 e. The van der Waals surface area contributed by atoms with Gasteiger partial charge in [-0.2, -0.15) is 0 Å². The third-order valence-corrected chi connectivity index (χ3v) is 7.32. The van der Waals surface area contributed by atoms with Gasteiger partial charge in [-0.05, 0) is 43.0 Å². The van der Waals surface area contributed by atoms with E-state index in [1.807, 2.05) is 30.3 Å². The lowest BCUT2D eigenvalue weighted by atomic mass is 9.69. The normalized spacial score (nSPS) is 20.6. The van der Waals surface area contributed by atoms with E-state index in [-0.39, 0.29) is 31.3 Å². The fourth-order valence-corrected chi connectivity index (χ4v) is 5.52. The van der Waals surface area contributed by atoms with Crippen molar-refractivity contribution in [2.45, 2.75) is 31.6 Å². The molecule has 0 spiro atoms. The van der Waals surface area contributed by atoms with E-state index in [4.69, 9.17) is 33.4 Å². The first-order valence-electron chi connectivity index (χ1n) is 12.8. The Hall–Kier alpha value is -3.85. The Bertz CT molecular complexity index is 1300. The van der Waals surface area contributed by atoms with Crippen LogP contribution in [0.2, 0.25) is 0 Å². The van der Waals surface area contributed by atoms with Crippen molar-refractivity contribution < 1.29 is 38.0 Å². The number of aliphatic imine (C=N–C) groups is 1. The molecule has 1 heterocycles. The van der Waals surface area contributed by atoms with Gasteiger partial charge in [0.05, 0.1) is 35.0 Å². The van der Waals surface area contributed by atoms with Gasteiger partial charge in [-0.25, -0.2) is 0 Å². The number of nitrogens with zero attached hydrogens (tertiary/aromatic N) is 1. The van der Waals surface area contributed by atoms with Gasteiger partial charge in [0.2, 0.25) is 0 Å². The number of esters is 1. The van der Waals surface area contributed by atoms with Gasteiger partial charge in [0, 0.05) is 42.0 Å².